The maximum absolute atomic E-state index is 14.2. The molecule has 2 aliphatic heterocycles. The molecule has 5 aromatic carbocycles. The molecule has 65 heavy (non-hydrogen) atoms. The van der Waals surface area contributed by atoms with E-state index >= 15 is 0 Å². The number of likely N-dealkylation sites (tertiary alicyclic amines) is 1. The third-order valence-corrected chi connectivity index (χ3v) is 16.0. The first-order valence-electron chi connectivity index (χ1n) is 20.8. The number of hydrogen-bond donors (Lipinski definition) is 4. The molecule has 4 N–H and O–H groups in total. The number of piperidine rings is 1. The van der Waals surface area contributed by atoms with Gasteiger partial charge in [-0.2, -0.15) is 13.2 Å². The molecule has 0 spiro atoms. The minimum absolute atomic E-state index is 0.0341. The number of aliphatic hydroxyl groups is 1. The lowest BCUT2D eigenvalue weighted by atomic mass is 9.84. The zero-order valence-electron chi connectivity index (χ0n) is 34.7. The maximum Gasteiger partial charge on any atom is 0.501 e. The van der Waals surface area contributed by atoms with Gasteiger partial charge in [-0.15, -0.1) is 11.8 Å². The smallest absolute Gasteiger partial charge is 0.465 e. The number of carboxylic acid groups (broad SMARTS) is 1. The fourth-order valence-corrected chi connectivity index (χ4v) is 11.4. The molecule has 5 aromatic rings. The minimum Gasteiger partial charge on any atom is -0.465 e. The van der Waals surface area contributed by atoms with Crippen LogP contribution in [0.15, 0.2) is 136 Å². The second-order valence-corrected chi connectivity index (χ2v) is 21.0. The lowest BCUT2D eigenvalue weighted by molar-refractivity contribution is -0.0436. The quantitative estimate of drug-likeness (QED) is 0.0737. The van der Waals surface area contributed by atoms with Crippen LogP contribution in [0.4, 0.5) is 29.3 Å². The molecule has 19 heteroatoms. The number of alkyl halides is 3. The highest BCUT2D eigenvalue weighted by molar-refractivity contribution is 7.99. The van der Waals surface area contributed by atoms with Crippen LogP contribution in [0.3, 0.4) is 0 Å². The summed E-state index contributed by atoms with van der Waals surface area (Å²) < 4.78 is 97.6. The number of nitrogens with one attached hydrogen (secondary N) is 2. The Labute approximate surface area is 384 Å². The lowest BCUT2D eigenvalue weighted by Gasteiger charge is -2.36. The number of amides is 2. The van der Waals surface area contributed by atoms with E-state index in [-0.39, 0.29) is 30.2 Å². The van der Waals surface area contributed by atoms with Crippen LogP contribution >= 0.6 is 23.4 Å². The number of sulfone groups is 1. The largest absolute Gasteiger partial charge is 0.501 e. The van der Waals surface area contributed by atoms with E-state index in [0.29, 0.717) is 49.9 Å². The van der Waals surface area contributed by atoms with Gasteiger partial charge in [0.05, 0.1) is 16.7 Å². The van der Waals surface area contributed by atoms with E-state index in [1.165, 1.54) is 28.8 Å². The minimum atomic E-state index is -6.16. The van der Waals surface area contributed by atoms with Crippen molar-refractivity contribution >= 4 is 66.6 Å². The summed E-state index contributed by atoms with van der Waals surface area (Å²) in [4.78, 5) is 27.1. The normalized spacial score (nSPS) is 17.1. The van der Waals surface area contributed by atoms with Crippen LogP contribution in [0.25, 0.3) is 11.1 Å². The molecule has 0 bridgehead atoms. The van der Waals surface area contributed by atoms with Crippen LogP contribution in [0.2, 0.25) is 5.02 Å². The van der Waals surface area contributed by atoms with E-state index in [1.807, 2.05) is 53.3 Å². The molecule has 3 atom stereocenters. The molecule has 0 aliphatic carbocycles. The average molecular weight is 972 g/mol. The highest BCUT2D eigenvalue weighted by atomic mass is 35.5. The number of sulfonamides is 1. The Kier molecular flexibility index (Phi) is 14.7. The van der Waals surface area contributed by atoms with E-state index in [1.54, 1.807) is 42.5 Å². The van der Waals surface area contributed by atoms with Crippen LogP contribution in [0.5, 0.6) is 0 Å². The van der Waals surface area contributed by atoms with Crippen molar-refractivity contribution in [2.45, 2.75) is 70.5 Å². The average Bonchev–Trinajstić information content (AvgIpc) is 3.77. The predicted octanol–water partition coefficient (Wildman–Crippen LogP) is 9.47. The number of benzene rings is 5. The van der Waals surface area contributed by atoms with Crippen LogP contribution in [0, 0.1) is 5.92 Å². The summed E-state index contributed by atoms with van der Waals surface area (Å²) in [5.74, 6) is -0.942. The molecule has 2 fully saturated rings. The van der Waals surface area contributed by atoms with Gasteiger partial charge in [0.1, 0.15) is 4.90 Å². The standard InChI is InChI=1S/C46H46ClF3N4O8S3/c47-33-16-12-30(13-17-33)39-10-4-5-11-40(39)43(55)31-22-25-53(26-23-31)35-18-14-32(15-19-35)44(56)52-65(61,62)38-20-21-41(42(28-38)64(59,60)46(48,49)50)51-34(29-63-37-8-2-1-3-9-37)27-36-7-6-24-54(36)45(57)58/h1-5,8-21,28,31,34,36,43,51,55H,6-7,22-27,29H2,(H,52,56)(H,57,58)/t34-,36-,43-/m1/s1. The molecule has 2 saturated heterocycles. The highest BCUT2D eigenvalue weighted by Gasteiger charge is 2.48. The molecule has 2 heterocycles. The monoisotopic (exact) mass is 970 g/mol. The van der Waals surface area contributed by atoms with Crippen molar-refractivity contribution in [3.8, 4) is 11.1 Å². The number of anilines is 2. The Morgan fingerprint density at radius 3 is 2.15 bits per heavy atom. The van der Waals surface area contributed by atoms with Crippen LogP contribution in [0.1, 0.15) is 54.1 Å². The van der Waals surface area contributed by atoms with Gasteiger partial charge < -0.3 is 25.3 Å². The predicted molar refractivity (Wildman–Crippen MR) is 245 cm³/mol. The van der Waals surface area contributed by atoms with Crippen molar-refractivity contribution in [1.29, 1.82) is 0 Å². The van der Waals surface area contributed by atoms with Crippen molar-refractivity contribution in [2.75, 3.05) is 35.6 Å². The van der Waals surface area contributed by atoms with Crippen molar-refractivity contribution in [2.24, 2.45) is 5.92 Å². The second-order valence-electron chi connectivity index (χ2n) is 15.9. The number of rotatable bonds is 15. The first-order valence-corrected chi connectivity index (χ1v) is 25.1. The van der Waals surface area contributed by atoms with Gasteiger partial charge >= 0.3 is 11.6 Å². The Hall–Kier alpha value is -5.27. The fraction of sp³-hybridized carbons (Fsp3) is 0.304. The highest BCUT2D eigenvalue weighted by Crippen LogP contribution is 2.39. The molecule has 2 aliphatic rings. The first-order chi connectivity index (χ1) is 30.9. The van der Waals surface area contributed by atoms with E-state index < -0.39 is 71.0 Å². The number of halogens is 4. The number of thioether (sulfide) groups is 1. The number of aliphatic hydroxyl groups excluding tert-OH is 1. The Bertz CT molecular complexity index is 2710. The molecule has 12 nitrogen and oxygen atoms in total. The van der Waals surface area contributed by atoms with Gasteiger partial charge in [-0.1, -0.05) is 66.2 Å². The Balaban J connectivity index is 1.04. The lowest BCUT2D eigenvalue weighted by Crippen LogP contribution is -2.39. The summed E-state index contributed by atoms with van der Waals surface area (Å²) in [6.07, 6.45) is 0.623. The zero-order chi connectivity index (χ0) is 46.5. The van der Waals surface area contributed by atoms with E-state index in [4.69, 9.17) is 11.6 Å². The zero-order valence-corrected chi connectivity index (χ0v) is 37.9. The Morgan fingerprint density at radius 2 is 1.49 bits per heavy atom. The first kappa shape index (κ1) is 47.7. The van der Waals surface area contributed by atoms with Crippen molar-refractivity contribution in [3.63, 3.8) is 0 Å². The van der Waals surface area contributed by atoms with Gasteiger partial charge in [0.2, 0.25) is 0 Å². The summed E-state index contributed by atoms with van der Waals surface area (Å²) in [7, 11) is -11.1. The second kappa shape index (κ2) is 20.1. The Morgan fingerprint density at radius 1 is 0.831 bits per heavy atom. The molecule has 0 saturated carbocycles. The fourth-order valence-electron chi connectivity index (χ4n) is 8.34. The number of carbonyl (C=O) groups is 2. The van der Waals surface area contributed by atoms with Gasteiger partial charge in [0.15, 0.2) is 0 Å². The topological polar surface area (TPSA) is 173 Å². The molecule has 2 amide bonds. The van der Waals surface area contributed by atoms with Gasteiger partial charge in [-0.3, -0.25) is 4.79 Å². The molecular formula is C46H46ClF3N4O8S3. The molecule has 0 radical (unpaired) electrons. The van der Waals surface area contributed by atoms with Gasteiger partial charge in [0.25, 0.3) is 25.8 Å². The molecule has 0 aromatic heterocycles. The van der Waals surface area contributed by atoms with E-state index in [9.17, 15) is 49.8 Å². The molecule has 7 rings (SSSR count). The number of hydrogen-bond acceptors (Lipinski definition) is 10. The number of carbonyl (C=O) groups excluding carboxylic acids is 1. The van der Waals surface area contributed by atoms with Crippen molar-refractivity contribution in [3.05, 3.63) is 137 Å². The summed E-state index contributed by atoms with van der Waals surface area (Å²) >= 11 is 7.41. The third kappa shape index (κ3) is 11.2. The molecular weight excluding hydrogens is 925 g/mol. The van der Waals surface area contributed by atoms with E-state index in [0.717, 1.165) is 39.4 Å². The summed E-state index contributed by atoms with van der Waals surface area (Å²) in [5, 5.41) is 24.7. The maximum atomic E-state index is 14.2. The summed E-state index contributed by atoms with van der Waals surface area (Å²) in [6.45, 7) is 1.45. The number of nitrogens with zero attached hydrogens (tertiary/aromatic N) is 2. The van der Waals surface area contributed by atoms with E-state index in [2.05, 4.69) is 10.2 Å². The van der Waals surface area contributed by atoms with Gasteiger partial charge in [0, 0.05) is 58.6 Å². The van der Waals surface area contributed by atoms with Crippen LogP contribution in [-0.2, 0) is 19.9 Å². The molecule has 0 unspecified atom stereocenters. The molecule has 344 valence electrons. The van der Waals surface area contributed by atoms with Crippen LogP contribution in [-0.4, -0.2) is 86.9 Å². The summed E-state index contributed by atoms with van der Waals surface area (Å²) in [5.41, 5.74) is -3.03. The van der Waals surface area contributed by atoms with Gasteiger partial charge in [-0.25, -0.2) is 26.4 Å². The van der Waals surface area contributed by atoms with Crippen molar-refractivity contribution < 1.29 is 49.8 Å². The van der Waals surface area contributed by atoms with Crippen LogP contribution < -0.4 is 14.9 Å². The summed E-state index contributed by atoms with van der Waals surface area (Å²) in [6, 6.07) is 31.1. The third-order valence-electron chi connectivity index (χ3n) is 11.7. The van der Waals surface area contributed by atoms with Gasteiger partial charge in [-0.05, 0) is 121 Å². The SMILES string of the molecule is O=C(NS(=O)(=O)c1ccc(N[C@@H](CSc2ccccc2)C[C@H]2CCCN2C(=O)O)c(S(=O)(=O)C(F)(F)F)c1)c1ccc(N2CCC([C@@H](O)c3ccccc3-c3ccc(Cl)cc3)CC2)cc1. The van der Waals surface area contributed by atoms with Crippen molar-refractivity contribution in [1.82, 2.24) is 9.62 Å².